The van der Waals surface area contributed by atoms with Gasteiger partial charge in [0.25, 0.3) is 5.91 Å². The van der Waals surface area contributed by atoms with Gasteiger partial charge >= 0.3 is 0 Å². The molecule has 2 amide bonds. The number of benzene rings is 2. The summed E-state index contributed by atoms with van der Waals surface area (Å²) in [6.07, 6.45) is 0.324. The van der Waals surface area contributed by atoms with Gasteiger partial charge in [0.15, 0.2) is 11.5 Å². The second-order valence-corrected chi connectivity index (χ2v) is 7.11. The van der Waals surface area contributed by atoms with Gasteiger partial charge in [-0.15, -0.1) is 0 Å². The monoisotopic (exact) mass is 428 g/mol. The number of carbonyl (C=O) groups excluding carboxylic acids is 2. The summed E-state index contributed by atoms with van der Waals surface area (Å²) in [5.41, 5.74) is 1.38. The molecule has 3 rings (SSSR count). The number of nitrogens with zero attached hydrogens (tertiary/aromatic N) is 2. The normalized spacial score (nSPS) is 13.5. The third kappa shape index (κ3) is 5.02. The fourth-order valence-electron chi connectivity index (χ4n) is 3.58. The summed E-state index contributed by atoms with van der Waals surface area (Å²) in [5.74, 6) is 1.97. The number of ether oxygens (including phenoxy) is 4. The summed E-state index contributed by atoms with van der Waals surface area (Å²) in [7, 11) is 6.15. The first kappa shape index (κ1) is 22.3. The zero-order chi connectivity index (χ0) is 22.4. The standard InChI is InChI=1S/C23H28N2O6/c1-28-18-7-5-16(6-8-18)13-21(26)24-9-11-25(12-10-24)23(27)17-14-19(29-2)22(31-4)20(15-17)30-3/h5-8,14-15H,9-13H2,1-4H3. The molecule has 0 radical (unpaired) electrons. The lowest BCUT2D eigenvalue weighted by atomic mass is 10.1. The van der Waals surface area contributed by atoms with E-state index >= 15 is 0 Å². The van der Waals surface area contributed by atoms with Gasteiger partial charge in [0.05, 0.1) is 34.9 Å². The van der Waals surface area contributed by atoms with E-state index in [4.69, 9.17) is 18.9 Å². The Morgan fingerprint density at radius 3 is 1.81 bits per heavy atom. The number of hydrogen-bond donors (Lipinski definition) is 0. The van der Waals surface area contributed by atoms with Crippen molar-refractivity contribution in [2.75, 3.05) is 54.6 Å². The van der Waals surface area contributed by atoms with Gasteiger partial charge in [-0.3, -0.25) is 9.59 Å². The summed E-state index contributed by atoms with van der Waals surface area (Å²) in [6, 6.07) is 10.8. The SMILES string of the molecule is COc1ccc(CC(=O)N2CCN(C(=O)c3cc(OC)c(OC)c(OC)c3)CC2)cc1. The third-order valence-electron chi connectivity index (χ3n) is 5.35. The number of methoxy groups -OCH3 is 4. The van der Waals surface area contributed by atoms with Crippen molar-refractivity contribution in [2.24, 2.45) is 0 Å². The van der Waals surface area contributed by atoms with Crippen LogP contribution < -0.4 is 18.9 Å². The first-order valence-electron chi connectivity index (χ1n) is 10.0. The first-order valence-corrected chi connectivity index (χ1v) is 10.0. The van der Waals surface area contributed by atoms with Crippen LogP contribution in [0.4, 0.5) is 0 Å². The topological polar surface area (TPSA) is 77.5 Å². The third-order valence-corrected chi connectivity index (χ3v) is 5.35. The minimum atomic E-state index is -0.137. The van der Waals surface area contributed by atoms with E-state index < -0.39 is 0 Å². The lowest BCUT2D eigenvalue weighted by Crippen LogP contribution is -2.51. The van der Waals surface area contributed by atoms with Crippen LogP contribution in [0.5, 0.6) is 23.0 Å². The number of piperazine rings is 1. The zero-order valence-corrected chi connectivity index (χ0v) is 18.3. The molecule has 0 unspecified atom stereocenters. The molecule has 31 heavy (non-hydrogen) atoms. The van der Waals surface area contributed by atoms with Crippen molar-refractivity contribution in [3.05, 3.63) is 47.5 Å². The first-order chi connectivity index (χ1) is 15.0. The second-order valence-electron chi connectivity index (χ2n) is 7.11. The van der Waals surface area contributed by atoms with E-state index in [1.54, 1.807) is 29.0 Å². The summed E-state index contributed by atoms with van der Waals surface area (Å²) < 4.78 is 21.1. The van der Waals surface area contributed by atoms with Crippen LogP contribution in [0.2, 0.25) is 0 Å². The molecule has 0 spiro atoms. The minimum Gasteiger partial charge on any atom is -0.497 e. The summed E-state index contributed by atoms with van der Waals surface area (Å²) in [5, 5.41) is 0. The highest BCUT2D eigenvalue weighted by atomic mass is 16.5. The molecule has 1 aliphatic heterocycles. The number of amides is 2. The highest BCUT2D eigenvalue weighted by molar-refractivity contribution is 5.96. The zero-order valence-electron chi connectivity index (χ0n) is 18.3. The molecule has 0 bridgehead atoms. The molecule has 2 aromatic carbocycles. The van der Waals surface area contributed by atoms with Crippen LogP contribution in [-0.2, 0) is 11.2 Å². The average molecular weight is 428 g/mol. The molecule has 0 saturated carbocycles. The quantitative estimate of drug-likeness (QED) is 0.673. The second kappa shape index (κ2) is 10.1. The Morgan fingerprint density at radius 2 is 1.32 bits per heavy atom. The lowest BCUT2D eigenvalue weighted by Gasteiger charge is -2.35. The smallest absolute Gasteiger partial charge is 0.254 e. The van der Waals surface area contributed by atoms with Crippen molar-refractivity contribution < 1.29 is 28.5 Å². The van der Waals surface area contributed by atoms with Crippen molar-refractivity contribution in [2.45, 2.75) is 6.42 Å². The van der Waals surface area contributed by atoms with E-state index in [0.29, 0.717) is 55.4 Å². The van der Waals surface area contributed by atoms with E-state index in [-0.39, 0.29) is 11.8 Å². The Balaban J connectivity index is 1.62. The van der Waals surface area contributed by atoms with Gasteiger partial charge in [0.1, 0.15) is 5.75 Å². The summed E-state index contributed by atoms with van der Waals surface area (Å²) in [4.78, 5) is 29.2. The Hall–Kier alpha value is -3.42. The molecular formula is C23H28N2O6. The van der Waals surface area contributed by atoms with Crippen LogP contribution in [0.15, 0.2) is 36.4 Å². The van der Waals surface area contributed by atoms with Crippen molar-refractivity contribution in [3.8, 4) is 23.0 Å². The van der Waals surface area contributed by atoms with E-state index in [1.165, 1.54) is 21.3 Å². The van der Waals surface area contributed by atoms with E-state index in [2.05, 4.69) is 0 Å². The maximum atomic E-state index is 13.0. The van der Waals surface area contributed by atoms with Crippen LogP contribution >= 0.6 is 0 Å². The van der Waals surface area contributed by atoms with Crippen molar-refractivity contribution in [1.29, 1.82) is 0 Å². The molecular weight excluding hydrogens is 400 g/mol. The molecule has 0 atom stereocenters. The Bertz CT molecular complexity index is 895. The fourth-order valence-corrected chi connectivity index (χ4v) is 3.58. The summed E-state index contributed by atoms with van der Waals surface area (Å²) in [6.45, 7) is 1.91. The molecule has 1 heterocycles. The van der Waals surface area contributed by atoms with Gasteiger partial charge in [0.2, 0.25) is 11.7 Å². The number of hydrogen-bond acceptors (Lipinski definition) is 6. The molecule has 2 aromatic rings. The molecule has 8 nitrogen and oxygen atoms in total. The van der Waals surface area contributed by atoms with Crippen LogP contribution in [0, 0.1) is 0 Å². The van der Waals surface area contributed by atoms with E-state index in [9.17, 15) is 9.59 Å². The molecule has 0 aromatic heterocycles. The summed E-state index contributed by atoms with van der Waals surface area (Å²) >= 11 is 0. The van der Waals surface area contributed by atoms with Crippen LogP contribution in [0.3, 0.4) is 0 Å². The molecule has 166 valence electrons. The number of rotatable bonds is 7. The van der Waals surface area contributed by atoms with Gasteiger partial charge in [0, 0.05) is 31.7 Å². The van der Waals surface area contributed by atoms with Crippen molar-refractivity contribution in [3.63, 3.8) is 0 Å². The maximum absolute atomic E-state index is 13.0. The molecule has 1 fully saturated rings. The maximum Gasteiger partial charge on any atom is 0.254 e. The highest BCUT2D eigenvalue weighted by Crippen LogP contribution is 2.38. The predicted molar refractivity (Wildman–Crippen MR) is 115 cm³/mol. The largest absolute Gasteiger partial charge is 0.497 e. The van der Waals surface area contributed by atoms with E-state index in [1.807, 2.05) is 24.3 Å². The Labute approximate surface area is 182 Å². The average Bonchev–Trinajstić information content (AvgIpc) is 2.83. The van der Waals surface area contributed by atoms with Crippen LogP contribution in [0.25, 0.3) is 0 Å². The van der Waals surface area contributed by atoms with Gasteiger partial charge in [-0.25, -0.2) is 0 Å². The van der Waals surface area contributed by atoms with Gasteiger partial charge in [-0.05, 0) is 29.8 Å². The Kier molecular flexibility index (Phi) is 7.23. The van der Waals surface area contributed by atoms with Gasteiger partial charge < -0.3 is 28.7 Å². The molecule has 1 aliphatic rings. The molecule has 0 aliphatic carbocycles. The van der Waals surface area contributed by atoms with Crippen LogP contribution in [0.1, 0.15) is 15.9 Å². The van der Waals surface area contributed by atoms with Gasteiger partial charge in [-0.2, -0.15) is 0 Å². The van der Waals surface area contributed by atoms with E-state index in [0.717, 1.165) is 11.3 Å². The fraction of sp³-hybridized carbons (Fsp3) is 0.391. The lowest BCUT2D eigenvalue weighted by molar-refractivity contribution is -0.131. The Morgan fingerprint density at radius 1 is 0.774 bits per heavy atom. The molecule has 1 saturated heterocycles. The number of carbonyl (C=O) groups is 2. The van der Waals surface area contributed by atoms with Crippen molar-refractivity contribution >= 4 is 11.8 Å². The molecule has 8 heteroatoms. The minimum absolute atomic E-state index is 0.0463. The van der Waals surface area contributed by atoms with Gasteiger partial charge in [-0.1, -0.05) is 12.1 Å². The predicted octanol–water partition coefficient (Wildman–Crippen LogP) is 2.25. The highest BCUT2D eigenvalue weighted by Gasteiger charge is 2.26. The van der Waals surface area contributed by atoms with Crippen LogP contribution in [-0.4, -0.2) is 76.2 Å². The molecule has 0 N–H and O–H groups in total. The van der Waals surface area contributed by atoms with Crippen molar-refractivity contribution in [1.82, 2.24) is 9.80 Å².